The predicted molar refractivity (Wildman–Crippen MR) is 48.0 cm³/mol. The Bertz CT molecular complexity index is 378. The van der Waals surface area contributed by atoms with Crippen molar-refractivity contribution < 1.29 is 0 Å². The van der Waals surface area contributed by atoms with Crippen LogP contribution in [0.5, 0.6) is 0 Å². The lowest BCUT2D eigenvalue weighted by molar-refractivity contribution is 0.803. The van der Waals surface area contributed by atoms with E-state index in [9.17, 15) is 0 Å². The van der Waals surface area contributed by atoms with E-state index in [1.807, 2.05) is 23.8 Å². The largest absolute Gasteiger partial charge is 0.316 e. The maximum atomic E-state index is 4.15. The van der Waals surface area contributed by atoms with Crippen molar-refractivity contribution in [3.63, 3.8) is 0 Å². The number of fused-ring (bicyclic) bond motifs is 1. The number of hydrogen-bond acceptors (Lipinski definition) is 2. The first kappa shape index (κ1) is 7.31. The quantitative estimate of drug-likeness (QED) is 0.713. The molecule has 3 heteroatoms. The molecule has 0 atom stereocenters. The molecule has 0 aliphatic heterocycles. The summed E-state index contributed by atoms with van der Waals surface area (Å²) in [5.74, 6) is 0. The lowest BCUT2D eigenvalue weighted by Crippen LogP contribution is -2.05. The molecule has 0 aliphatic rings. The number of rotatable bonds is 2. The molecule has 0 radical (unpaired) electrons. The minimum absolute atomic E-state index is 0.885. The molecule has 2 aromatic rings. The molecule has 2 rings (SSSR count). The van der Waals surface area contributed by atoms with Crippen molar-refractivity contribution in [2.75, 3.05) is 7.05 Å². The number of pyridine rings is 1. The van der Waals surface area contributed by atoms with Gasteiger partial charge in [0.05, 0.1) is 5.52 Å². The first-order valence-electron chi connectivity index (χ1n) is 3.97. The van der Waals surface area contributed by atoms with Gasteiger partial charge in [-0.15, -0.1) is 0 Å². The summed E-state index contributed by atoms with van der Waals surface area (Å²) in [4.78, 5) is 0. The Hall–Kier alpha value is -1.35. The van der Waals surface area contributed by atoms with Crippen molar-refractivity contribution in [2.24, 2.45) is 0 Å². The highest BCUT2D eigenvalue weighted by atomic mass is 15.2. The minimum Gasteiger partial charge on any atom is -0.316 e. The highest BCUT2D eigenvalue weighted by molar-refractivity contribution is 5.45. The molecule has 12 heavy (non-hydrogen) atoms. The first-order valence-corrected chi connectivity index (χ1v) is 3.97. The summed E-state index contributed by atoms with van der Waals surface area (Å²) >= 11 is 0. The fourth-order valence-electron chi connectivity index (χ4n) is 1.27. The number of aromatic nitrogens is 2. The summed E-state index contributed by atoms with van der Waals surface area (Å²) in [5.41, 5.74) is 2.38. The van der Waals surface area contributed by atoms with Crippen molar-refractivity contribution >= 4 is 5.52 Å². The number of nitrogens with zero attached hydrogens (tertiary/aromatic N) is 2. The van der Waals surface area contributed by atoms with Crippen molar-refractivity contribution in [2.45, 2.75) is 6.54 Å². The Morgan fingerprint density at radius 3 is 3.17 bits per heavy atom. The molecule has 0 aliphatic carbocycles. The van der Waals surface area contributed by atoms with E-state index in [1.165, 1.54) is 5.56 Å². The Balaban J connectivity index is 2.46. The average Bonchev–Trinajstić information content (AvgIpc) is 2.51. The van der Waals surface area contributed by atoms with Crippen LogP contribution in [0, 0.1) is 0 Å². The Kier molecular flexibility index (Phi) is 1.80. The van der Waals surface area contributed by atoms with Gasteiger partial charge >= 0.3 is 0 Å². The fraction of sp³-hybridized carbons (Fsp3) is 0.222. The minimum atomic E-state index is 0.885. The number of nitrogens with one attached hydrogen (secondary N) is 1. The van der Waals surface area contributed by atoms with Crippen LogP contribution < -0.4 is 5.32 Å². The molecule has 2 aromatic heterocycles. The first-order chi connectivity index (χ1) is 5.90. The van der Waals surface area contributed by atoms with E-state index >= 15 is 0 Å². The van der Waals surface area contributed by atoms with Gasteiger partial charge in [0.1, 0.15) is 0 Å². The highest BCUT2D eigenvalue weighted by Gasteiger charge is 1.94. The van der Waals surface area contributed by atoms with E-state index in [1.54, 1.807) is 6.20 Å². The van der Waals surface area contributed by atoms with Gasteiger partial charge in [-0.05, 0) is 24.7 Å². The van der Waals surface area contributed by atoms with Gasteiger partial charge in [0, 0.05) is 18.9 Å². The predicted octanol–water partition coefficient (Wildman–Crippen LogP) is 1.05. The lowest BCUT2D eigenvalue weighted by atomic mass is 10.3. The van der Waals surface area contributed by atoms with Gasteiger partial charge in [0.15, 0.2) is 0 Å². The average molecular weight is 161 g/mol. The summed E-state index contributed by atoms with van der Waals surface area (Å²) in [6.07, 6.45) is 3.84. The van der Waals surface area contributed by atoms with Gasteiger partial charge in [-0.1, -0.05) is 6.07 Å². The maximum Gasteiger partial charge on any atom is 0.0661 e. The molecule has 0 spiro atoms. The van der Waals surface area contributed by atoms with Crippen LogP contribution in [0.2, 0.25) is 0 Å². The highest BCUT2D eigenvalue weighted by Crippen LogP contribution is 2.04. The second-order valence-corrected chi connectivity index (χ2v) is 2.77. The smallest absolute Gasteiger partial charge is 0.0661 e. The molecule has 1 N–H and O–H groups in total. The monoisotopic (exact) mass is 161 g/mol. The zero-order chi connectivity index (χ0) is 8.39. The van der Waals surface area contributed by atoms with Gasteiger partial charge in [0.2, 0.25) is 0 Å². The molecule has 0 bridgehead atoms. The molecule has 0 saturated carbocycles. The third-order valence-corrected chi connectivity index (χ3v) is 1.84. The second-order valence-electron chi connectivity index (χ2n) is 2.77. The molecule has 0 saturated heterocycles. The SMILES string of the molecule is CNCc1ccc2ccnn2c1. The zero-order valence-electron chi connectivity index (χ0n) is 6.99. The van der Waals surface area contributed by atoms with Gasteiger partial charge in [-0.3, -0.25) is 0 Å². The molecule has 62 valence electrons. The van der Waals surface area contributed by atoms with Crippen LogP contribution in [-0.4, -0.2) is 16.7 Å². The Morgan fingerprint density at radius 1 is 1.42 bits per heavy atom. The van der Waals surface area contributed by atoms with E-state index < -0.39 is 0 Å². The summed E-state index contributed by atoms with van der Waals surface area (Å²) in [6.45, 7) is 0.885. The number of hydrogen-bond donors (Lipinski definition) is 1. The lowest BCUT2D eigenvalue weighted by Gasteiger charge is -1.99. The molecule has 0 aromatic carbocycles. The topological polar surface area (TPSA) is 29.3 Å². The van der Waals surface area contributed by atoms with Crippen LogP contribution >= 0.6 is 0 Å². The molecular formula is C9H11N3. The maximum absolute atomic E-state index is 4.15. The van der Waals surface area contributed by atoms with Crippen LogP contribution in [-0.2, 0) is 6.54 Å². The van der Waals surface area contributed by atoms with Crippen LogP contribution in [0.3, 0.4) is 0 Å². The van der Waals surface area contributed by atoms with Gasteiger partial charge in [-0.2, -0.15) is 5.10 Å². The van der Waals surface area contributed by atoms with E-state index in [4.69, 9.17) is 0 Å². The molecule has 2 heterocycles. The Morgan fingerprint density at radius 2 is 2.33 bits per heavy atom. The van der Waals surface area contributed by atoms with Gasteiger partial charge in [-0.25, -0.2) is 4.52 Å². The second kappa shape index (κ2) is 2.95. The molecule has 0 amide bonds. The molecule has 0 fully saturated rings. The summed E-state index contributed by atoms with van der Waals surface area (Å²) in [5, 5.41) is 7.25. The summed E-state index contributed by atoms with van der Waals surface area (Å²) in [7, 11) is 1.94. The van der Waals surface area contributed by atoms with Crippen molar-refractivity contribution in [1.29, 1.82) is 0 Å². The third-order valence-electron chi connectivity index (χ3n) is 1.84. The molecule has 3 nitrogen and oxygen atoms in total. The fourth-order valence-corrected chi connectivity index (χ4v) is 1.27. The van der Waals surface area contributed by atoms with Crippen molar-refractivity contribution in [3.8, 4) is 0 Å². The van der Waals surface area contributed by atoms with E-state index in [-0.39, 0.29) is 0 Å². The van der Waals surface area contributed by atoms with Gasteiger partial charge in [0.25, 0.3) is 0 Å². The van der Waals surface area contributed by atoms with E-state index in [2.05, 4.69) is 22.5 Å². The van der Waals surface area contributed by atoms with Crippen LogP contribution in [0.25, 0.3) is 5.52 Å². The van der Waals surface area contributed by atoms with Crippen LogP contribution in [0.1, 0.15) is 5.56 Å². The Labute approximate surface area is 71.0 Å². The van der Waals surface area contributed by atoms with Crippen molar-refractivity contribution in [1.82, 2.24) is 14.9 Å². The molecular weight excluding hydrogens is 150 g/mol. The zero-order valence-corrected chi connectivity index (χ0v) is 6.99. The third kappa shape index (κ3) is 1.19. The standard InChI is InChI=1S/C9H11N3/c1-10-6-8-2-3-9-4-5-11-12(9)7-8/h2-5,7,10H,6H2,1H3. The molecule has 0 unspecified atom stereocenters. The van der Waals surface area contributed by atoms with E-state index in [0.717, 1.165) is 12.1 Å². The van der Waals surface area contributed by atoms with Crippen molar-refractivity contribution in [3.05, 3.63) is 36.2 Å². The van der Waals surface area contributed by atoms with E-state index in [0.29, 0.717) is 0 Å². The normalized spacial score (nSPS) is 10.8. The summed E-state index contributed by atoms with van der Waals surface area (Å²) < 4.78 is 1.88. The van der Waals surface area contributed by atoms with Crippen LogP contribution in [0.15, 0.2) is 30.6 Å². The van der Waals surface area contributed by atoms with Gasteiger partial charge < -0.3 is 5.32 Å². The summed E-state index contributed by atoms with van der Waals surface area (Å²) in [6, 6.07) is 6.16. The van der Waals surface area contributed by atoms with Crippen LogP contribution in [0.4, 0.5) is 0 Å².